The Morgan fingerprint density at radius 2 is 1.55 bits per heavy atom. The third-order valence-electron chi connectivity index (χ3n) is 8.83. The highest BCUT2D eigenvalue weighted by atomic mass is 16.1. The predicted molar refractivity (Wildman–Crippen MR) is 161 cm³/mol. The van der Waals surface area contributed by atoms with Gasteiger partial charge in [-0.3, -0.25) is 14.8 Å². The molecule has 0 bridgehead atoms. The number of nitrogens with one attached hydrogen (secondary N) is 1. The van der Waals surface area contributed by atoms with Crippen LogP contribution in [0.1, 0.15) is 119 Å². The van der Waals surface area contributed by atoms with Crippen molar-refractivity contribution in [2.24, 2.45) is 0 Å². The third kappa shape index (κ3) is 4.49. The summed E-state index contributed by atoms with van der Waals surface area (Å²) in [5.41, 5.74) is 12.5. The number of pyridine rings is 3. The van der Waals surface area contributed by atoms with E-state index < -0.39 is 0 Å². The number of amides is 1. The monoisotopic (exact) mass is 537 g/mol. The molecule has 3 aromatic rings. The van der Waals surface area contributed by atoms with Crippen molar-refractivity contribution in [3.8, 4) is 0 Å². The number of fused-ring (bicyclic) bond motifs is 3. The summed E-state index contributed by atoms with van der Waals surface area (Å²) in [6.07, 6.45) is 6.28. The van der Waals surface area contributed by atoms with Crippen molar-refractivity contribution in [1.82, 2.24) is 15.0 Å². The Morgan fingerprint density at radius 3 is 2.23 bits per heavy atom. The summed E-state index contributed by atoms with van der Waals surface area (Å²) in [5.74, 6) is 1.09. The smallest absolute Gasteiger partial charge is 0.230 e. The number of carbonyl (C=O) groups is 1. The molecule has 0 fully saturated rings. The first-order valence-electron chi connectivity index (χ1n) is 14.7. The molecule has 2 aliphatic heterocycles. The number of rotatable bonds is 2. The Kier molecular flexibility index (Phi) is 5.96. The molecule has 1 aliphatic carbocycles. The van der Waals surface area contributed by atoms with Gasteiger partial charge in [0.15, 0.2) is 0 Å². The van der Waals surface area contributed by atoms with Crippen LogP contribution < -0.4 is 10.2 Å². The molecule has 3 aliphatic rings. The van der Waals surface area contributed by atoms with Crippen molar-refractivity contribution < 1.29 is 4.79 Å². The summed E-state index contributed by atoms with van der Waals surface area (Å²) in [7, 11) is 0. The molecule has 6 nitrogen and oxygen atoms in total. The SMILES string of the molecule is CC(C)(C)c1ccnc2c1CC(c1cc(C(C)(C)C)c3c(n1)CN(c1cnc4c(c1C(C)(C)C)CC(=O)N4)C3)C2. The van der Waals surface area contributed by atoms with E-state index in [1.54, 1.807) is 0 Å². The molecule has 1 N–H and O–H groups in total. The number of hydrogen-bond acceptors (Lipinski definition) is 5. The topological polar surface area (TPSA) is 71.0 Å². The highest BCUT2D eigenvalue weighted by Crippen LogP contribution is 2.45. The van der Waals surface area contributed by atoms with E-state index in [1.807, 2.05) is 12.4 Å². The quantitative estimate of drug-likeness (QED) is 0.396. The minimum absolute atomic E-state index is 0.00254. The predicted octanol–water partition coefficient (Wildman–Crippen LogP) is 6.66. The summed E-state index contributed by atoms with van der Waals surface area (Å²) < 4.78 is 0. The van der Waals surface area contributed by atoms with Crippen molar-refractivity contribution in [1.29, 1.82) is 0 Å². The van der Waals surface area contributed by atoms with Gasteiger partial charge in [-0.1, -0.05) is 62.3 Å². The van der Waals surface area contributed by atoms with Gasteiger partial charge in [0.05, 0.1) is 30.5 Å². The number of aromatic nitrogens is 3. The minimum atomic E-state index is -0.123. The van der Waals surface area contributed by atoms with Gasteiger partial charge in [0, 0.05) is 35.6 Å². The summed E-state index contributed by atoms with van der Waals surface area (Å²) in [6.45, 7) is 22.1. The molecule has 0 radical (unpaired) electrons. The Morgan fingerprint density at radius 1 is 0.825 bits per heavy atom. The first kappa shape index (κ1) is 26.9. The molecule has 0 saturated heterocycles. The van der Waals surface area contributed by atoms with Gasteiger partial charge in [-0.25, -0.2) is 4.98 Å². The molecular weight excluding hydrogens is 494 g/mol. The van der Waals surface area contributed by atoms with Crippen LogP contribution in [0, 0.1) is 0 Å². The summed E-state index contributed by atoms with van der Waals surface area (Å²) in [6, 6.07) is 4.60. The second kappa shape index (κ2) is 8.86. The average Bonchev–Trinajstić information content (AvgIpc) is 3.55. The zero-order valence-corrected chi connectivity index (χ0v) is 25.6. The van der Waals surface area contributed by atoms with Crippen molar-refractivity contribution in [2.45, 2.75) is 117 Å². The number of hydrogen-bond donors (Lipinski definition) is 1. The van der Waals surface area contributed by atoms with Crippen LogP contribution in [-0.2, 0) is 53.4 Å². The fourth-order valence-corrected chi connectivity index (χ4v) is 7.07. The van der Waals surface area contributed by atoms with Gasteiger partial charge in [-0.05, 0) is 69.0 Å². The maximum atomic E-state index is 12.3. The number of anilines is 2. The molecule has 1 unspecified atom stereocenters. The lowest BCUT2D eigenvalue weighted by atomic mass is 9.81. The second-order valence-electron chi connectivity index (χ2n) is 15.1. The van der Waals surface area contributed by atoms with Crippen molar-refractivity contribution in [3.05, 3.63) is 75.0 Å². The summed E-state index contributed by atoms with van der Waals surface area (Å²) >= 11 is 0. The fraction of sp³-hybridized carbons (Fsp3) is 0.529. The van der Waals surface area contributed by atoms with E-state index in [4.69, 9.17) is 15.0 Å². The van der Waals surface area contributed by atoms with Gasteiger partial charge >= 0.3 is 0 Å². The minimum Gasteiger partial charge on any atom is -0.360 e. The molecule has 40 heavy (non-hydrogen) atoms. The van der Waals surface area contributed by atoms with E-state index in [-0.39, 0.29) is 22.2 Å². The van der Waals surface area contributed by atoms with Crippen LogP contribution in [-0.4, -0.2) is 20.9 Å². The van der Waals surface area contributed by atoms with E-state index in [9.17, 15) is 4.79 Å². The highest BCUT2D eigenvalue weighted by Gasteiger charge is 2.37. The van der Waals surface area contributed by atoms with E-state index in [0.717, 1.165) is 43.0 Å². The molecule has 0 spiro atoms. The number of carbonyl (C=O) groups excluding carboxylic acids is 1. The molecule has 5 heterocycles. The molecule has 0 aromatic carbocycles. The van der Waals surface area contributed by atoms with Gasteiger partial charge in [0.1, 0.15) is 5.82 Å². The molecular formula is C34H43N5O. The average molecular weight is 538 g/mol. The maximum absolute atomic E-state index is 12.3. The van der Waals surface area contributed by atoms with Crippen LogP contribution in [0.2, 0.25) is 0 Å². The Labute approximate surface area is 239 Å². The Hall–Kier alpha value is -3.28. The molecule has 1 amide bonds. The van der Waals surface area contributed by atoms with Crippen molar-refractivity contribution in [3.63, 3.8) is 0 Å². The second-order valence-corrected chi connectivity index (χ2v) is 15.1. The lowest BCUT2D eigenvalue weighted by Gasteiger charge is -2.30. The summed E-state index contributed by atoms with van der Waals surface area (Å²) in [4.78, 5) is 29.6. The zero-order valence-electron chi connectivity index (χ0n) is 25.6. The van der Waals surface area contributed by atoms with E-state index in [1.165, 1.54) is 44.9 Å². The Bertz CT molecular complexity index is 1530. The molecule has 6 rings (SSSR count). The first-order valence-corrected chi connectivity index (χ1v) is 14.7. The van der Waals surface area contributed by atoms with Crippen LogP contribution in [0.3, 0.4) is 0 Å². The largest absolute Gasteiger partial charge is 0.360 e. The van der Waals surface area contributed by atoms with Gasteiger partial charge < -0.3 is 10.2 Å². The van der Waals surface area contributed by atoms with Crippen LogP contribution in [0.25, 0.3) is 0 Å². The van der Waals surface area contributed by atoms with Crippen LogP contribution in [0.15, 0.2) is 24.5 Å². The number of nitrogens with zero attached hydrogens (tertiary/aromatic N) is 4. The summed E-state index contributed by atoms with van der Waals surface area (Å²) in [5, 5.41) is 2.95. The first-order chi connectivity index (χ1) is 18.6. The van der Waals surface area contributed by atoms with Gasteiger partial charge in [0.25, 0.3) is 0 Å². The van der Waals surface area contributed by atoms with Gasteiger partial charge in [0.2, 0.25) is 5.91 Å². The molecule has 210 valence electrons. The fourth-order valence-electron chi connectivity index (χ4n) is 7.07. The van der Waals surface area contributed by atoms with Crippen LogP contribution in [0.5, 0.6) is 0 Å². The molecule has 1 atom stereocenters. The maximum Gasteiger partial charge on any atom is 0.230 e. The van der Waals surface area contributed by atoms with Crippen molar-refractivity contribution >= 4 is 17.4 Å². The standard InChI is InChI=1S/C34H43N5O/c1-32(2,3)23-10-11-35-26-13-19(12-20(23)26)25-15-24(33(4,5)6)22-17-39(18-27(22)37-25)28-16-36-31-21(14-29(40)38-31)30(28)34(7,8)9/h10-11,15-16,19H,12-14,17-18H2,1-9H3,(H,36,38,40). The van der Waals surface area contributed by atoms with E-state index in [0.29, 0.717) is 12.3 Å². The third-order valence-corrected chi connectivity index (χ3v) is 8.83. The van der Waals surface area contributed by atoms with Gasteiger partial charge in [-0.2, -0.15) is 0 Å². The van der Waals surface area contributed by atoms with E-state index >= 15 is 0 Å². The van der Waals surface area contributed by atoms with Crippen LogP contribution >= 0.6 is 0 Å². The van der Waals surface area contributed by atoms with Crippen LogP contribution in [0.4, 0.5) is 11.5 Å². The molecule has 6 heteroatoms. The Balaban J connectivity index is 1.39. The lowest BCUT2D eigenvalue weighted by molar-refractivity contribution is -0.115. The zero-order chi connectivity index (χ0) is 28.8. The normalized spacial score (nSPS) is 18.6. The van der Waals surface area contributed by atoms with Gasteiger partial charge in [-0.15, -0.1) is 0 Å². The lowest BCUT2D eigenvalue weighted by Crippen LogP contribution is -2.24. The molecule has 0 saturated carbocycles. The molecule has 3 aromatic heterocycles. The highest BCUT2D eigenvalue weighted by molar-refractivity contribution is 5.99. The van der Waals surface area contributed by atoms with E-state index in [2.05, 4.69) is 84.7 Å². The van der Waals surface area contributed by atoms with Crippen molar-refractivity contribution in [2.75, 3.05) is 10.2 Å².